The Kier molecular flexibility index (Phi) is 4.33. The fourth-order valence-electron chi connectivity index (χ4n) is 9.20. The summed E-state index contributed by atoms with van der Waals surface area (Å²) in [5.74, 6) is 2.03. The fourth-order valence-corrected chi connectivity index (χ4v) is 9.20. The standard InChI is InChI=1S/C31H36N2O/c1-2-16-33(15-1)26-7-5-24-18-25-6-8-28-27(22-4-3-21-11-14-32-20-23(21)17-22)9-10-29(28)31(25)13-12-30(24,19-26)34-31/h3-4,6,11,14,17-18,20,26-29H,1-2,5,7-10,12-13,15-16,19H2/t26?,27?,28?,29?,30?,31-/m1/s1. The highest BCUT2D eigenvalue weighted by Crippen LogP contribution is 2.65. The van der Waals surface area contributed by atoms with E-state index in [2.05, 4.69) is 46.3 Å². The van der Waals surface area contributed by atoms with Gasteiger partial charge in [0.1, 0.15) is 0 Å². The highest BCUT2D eigenvalue weighted by molar-refractivity contribution is 5.82. The smallest absolute Gasteiger partial charge is 0.0972 e. The molecule has 2 bridgehead atoms. The maximum Gasteiger partial charge on any atom is 0.0972 e. The number of ether oxygens (including phenoxy) is 1. The Hall–Kier alpha value is -1.97. The van der Waals surface area contributed by atoms with E-state index in [0.29, 0.717) is 17.8 Å². The Balaban J connectivity index is 1.12. The highest BCUT2D eigenvalue weighted by Gasteiger charge is 2.63. The van der Waals surface area contributed by atoms with Crippen LogP contribution in [0.2, 0.25) is 0 Å². The third-order valence-corrected chi connectivity index (χ3v) is 10.8. The Morgan fingerprint density at radius 1 is 1.00 bits per heavy atom. The topological polar surface area (TPSA) is 25.4 Å². The summed E-state index contributed by atoms with van der Waals surface area (Å²) < 4.78 is 7.47. The molecule has 3 aliphatic heterocycles. The molecule has 2 saturated carbocycles. The second-order valence-corrected chi connectivity index (χ2v) is 12.1. The van der Waals surface area contributed by atoms with E-state index in [1.807, 2.05) is 12.4 Å². The quantitative estimate of drug-likeness (QED) is 0.516. The van der Waals surface area contributed by atoms with Gasteiger partial charge in [0.2, 0.25) is 0 Å². The summed E-state index contributed by atoms with van der Waals surface area (Å²) in [6.07, 6.45) is 22.1. The summed E-state index contributed by atoms with van der Waals surface area (Å²) in [7, 11) is 0. The maximum absolute atomic E-state index is 7.47. The minimum absolute atomic E-state index is 0.00747. The molecule has 3 aliphatic carbocycles. The van der Waals surface area contributed by atoms with Gasteiger partial charge >= 0.3 is 0 Å². The number of aromatic nitrogens is 1. The number of hydrogen-bond donors (Lipinski definition) is 0. The average Bonchev–Trinajstić information content (AvgIpc) is 3.62. The van der Waals surface area contributed by atoms with Gasteiger partial charge in [0.05, 0.1) is 11.2 Å². The average molecular weight is 453 g/mol. The molecular weight excluding hydrogens is 416 g/mol. The summed E-state index contributed by atoms with van der Waals surface area (Å²) in [5, 5.41) is 2.58. The van der Waals surface area contributed by atoms with Crippen molar-refractivity contribution < 1.29 is 4.74 Å². The molecule has 3 nitrogen and oxygen atoms in total. The number of likely N-dealkylation sites (tertiary alicyclic amines) is 1. The highest BCUT2D eigenvalue weighted by atomic mass is 16.5. The Morgan fingerprint density at radius 2 is 1.94 bits per heavy atom. The summed E-state index contributed by atoms with van der Waals surface area (Å²) in [4.78, 5) is 7.17. The van der Waals surface area contributed by atoms with Crippen LogP contribution in [0.15, 0.2) is 60.0 Å². The lowest BCUT2D eigenvalue weighted by atomic mass is 9.66. The molecule has 2 saturated heterocycles. The van der Waals surface area contributed by atoms with Gasteiger partial charge in [-0.05, 0) is 129 Å². The van der Waals surface area contributed by atoms with Crippen LogP contribution in [0.5, 0.6) is 0 Å². The first kappa shape index (κ1) is 20.2. The monoisotopic (exact) mass is 452 g/mol. The van der Waals surface area contributed by atoms with Crippen LogP contribution in [0.4, 0.5) is 0 Å². The molecule has 8 rings (SSSR count). The first-order valence-electron chi connectivity index (χ1n) is 13.9. The van der Waals surface area contributed by atoms with Crippen molar-refractivity contribution in [1.29, 1.82) is 0 Å². The Bertz CT molecular complexity index is 1210. The fraction of sp³-hybridized carbons (Fsp3) is 0.581. The van der Waals surface area contributed by atoms with Crippen molar-refractivity contribution >= 4 is 10.8 Å². The number of rotatable bonds is 2. The number of benzene rings is 1. The molecule has 176 valence electrons. The van der Waals surface area contributed by atoms with E-state index < -0.39 is 0 Å². The minimum Gasteiger partial charge on any atom is -0.359 e. The number of fused-ring (bicyclic) bond motifs is 2. The van der Waals surface area contributed by atoms with Gasteiger partial charge in [-0.2, -0.15) is 0 Å². The summed E-state index contributed by atoms with van der Waals surface area (Å²) in [6, 6.07) is 9.98. The zero-order valence-electron chi connectivity index (χ0n) is 20.2. The Labute approximate surface area is 203 Å². The van der Waals surface area contributed by atoms with Crippen LogP contribution in [-0.4, -0.2) is 40.2 Å². The van der Waals surface area contributed by atoms with Gasteiger partial charge < -0.3 is 9.64 Å². The van der Waals surface area contributed by atoms with Crippen LogP contribution >= 0.6 is 0 Å². The summed E-state index contributed by atoms with van der Waals surface area (Å²) in [6.45, 7) is 2.62. The zero-order chi connectivity index (χ0) is 22.3. The van der Waals surface area contributed by atoms with Crippen LogP contribution in [-0.2, 0) is 4.74 Å². The van der Waals surface area contributed by atoms with E-state index in [0.717, 1.165) is 6.04 Å². The van der Waals surface area contributed by atoms with Crippen molar-refractivity contribution in [3.63, 3.8) is 0 Å². The molecule has 6 atom stereocenters. The molecule has 1 aromatic heterocycles. The third kappa shape index (κ3) is 2.74. The van der Waals surface area contributed by atoms with Crippen molar-refractivity contribution in [3.05, 3.63) is 65.5 Å². The normalized spacial score (nSPS) is 41.1. The lowest BCUT2D eigenvalue weighted by Crippen LogP contribution is -2.53. The van der Waals surface area contributed by atoms with Crippen molar-refractivity contribution in [2.24, 2.45) is 11.8 Å². The van der Waals surface area contributed by atoms with Crippen molar-refractivity contribution in [2.75, 3.05) is 13.1 Å². The van der Waals surface area contributed by atoms with Gasteiger partial charge in [-0.3, -0.25) is 4.98 Å². The largest absolute Gasteiger partial charge is 0.359 e. The first-order valence-corrected chi connectivity index (χ1v) is 13.9. The van der Waals surface area contributed by atoms with Gasteiger partial charge in [0.15, 0.2) is 0 Å². The first-order chi connectivity index (χ1) is 16.7. The second-order valence-electron chi connectivity index (χ2n) is 12.1. The summed E-state index contributed by atoms with van der Waals surface area (Å²) >= 11 is 0. The van der Waals surface area contributed by atoms with Crippen LogP contribution in [0.25, 0.3) is 10.8 Å². The van der Waals surface area contributed by atoms with Crippen LogP contribution in [0.1, 0.15) is 75.7 Å². The molecule has 3 heteroatoms. The van der Waals surface area contributed by atoms with Gasteiger partial charge in [0.25, 0.3) is 0 Å². The zero-order valence-corrected chi connectivity index (χ0v) is 20.2. The predicted octanol–water partition coefficient (Wildman–Crippen LogP) is 6.55. The number of pyridine rings is 1. The van der Waals surface area contributed by atoms with Gasteiger partial charge in [-0.15, -0.1) is 0 Å². The van der Waals surface area contributed by atoms with Crippen LogP contribution < -0.4 is 0 Å². The molecule has 5 unspecified atom stereocenters. The number of hydrogen-bond acceptors (Lipinski definition) is 3. The van der Waals surface area contributed by atoms with Gasteiger partial charge in [-0.1, -0.05) is 24.3 Å². The molecule has 2 spiro atoms. The molecular formula is C31H36N2O. The lowest BCUT2D eigenvalue weighted by molar-refractivity contribution is -0.127. The lowest BCUT2D eigenvalue weighted by Gasteiger charge is -2.52. The van der Waals surface area contributed by atoms with E-state index in [1.165, 1.54) is 93.6 Å². The molecule has 1 aromatic carbocycles. The maximum atomic E-state index is 7.47. The molecule has 0 N–H and O–H groups in total. The van der Waals surface area contributed by atoms with E-state index in [9.17, 15) is 0 Å². The molecule has 2 aromatic rings. The van der Waals surface area contributed by atoms with E-state index in [1.54, 1.807) is 11.1 Å². The molecule has 0 radical (unpaired) electrons. The predicted molar refractivity (Wildman–Crippen MR) is 136 cm³/mol. The van der Waals surface area contributed by atoms with Crippen molar-refractivity contribution in [3.8, 4) is 0 Å². The SMILES string of the molecule is C1=C2CCC(N3CCCC3)CC23CC[C@@]2(O3)C1=CCC1C(c3ccc4ccncc4c3)CCC12. The molecule has 6 aliphatic rings. The molecule has 4 fully saturated rings. The number of allylic oxidation sites excluding steroid dienone is 1. The van der Waals surface area contributed by atoms with E-state index >= 15 is 0 Å². The van der Waals surface area contributed by atoms with Crippen molar-refractivity contribution in [1.82, 2.24) is 9.88 Å². The minimum atomic E-state index is -0.00747. The summed E-state index contributed by atoms with van der Waals surface area (Å²) in [5.41, 5.74) is 4.74. The van der Waals surface area contributed by atoms with Crippen LogP contribution in [0.3, 0.4) is 0 Å². The van der Waals surface area contributed by atoms with E-state index in [-0.39, 0.29) is 11.2 Å². The second kappa shape index (κ2) is 7.27. The Morgan fingerprint density at radius 3 is 2.88 bits per heavy atom. The van der Waals surface area contributed by atoms with Gasteiger partial charge in [0, 0.05) is 23.8 Å². The third-order valence-electron chi connectivity index (χ3n) is 10.8. The molecule has 0 amide bonds. The number of nitrogens with zero attached hydrogens (tertiary/aromatic N) is 2. The van der Waals surface area contributed by atoms with Crippen molar-refractivity contribution in [2.45, 2.75) is 87.4 Å². The van der Waals surface area contributed by atoms with Crippen LogP contribution in [0, 0.1) is 11.8 Å². The van der Waals surface area contributed by atoms with E-state index in [4.69, 9.17) is 4.74 Å². The molecule has 4 heterocycles. The van der Waals surface area contributed by atoms with Gasteiger partial charge in [-0.25, -0.2) is 0 Å². The molecule has 34 heavy (non-hydrogen) atoms.